The van der Waals surface area contributed by atoms with E-state index in [1.165, 1.54) is 29.1 Å². The Morgan fingerprint density at radius 3 is 2.75 bits per heavy atom. The predicted octanol–water partition coefficient (Wildman–Crippen LogP) is 4.16. The summed E-state index contributed by atoms with van der Waals surface area (Å²) in [5.74, 6) is 1.19. The molecule has 20 heavy (non-hydrogen) atoms. The van der Waals surface area contributed by atoms with Crippen LogP contribution in [0.25, 0.3) is 0 Å². The number of fused-ring (bicyclic) bond motifs is 1. The van der Waals surface area contributed by atoms with E-state index >= 15 is 0 Å². The molecule has 1 aliphatic carbocycles. The lowest BCUT2D eigenvalue weighted by Gasteiger charge is -2.30. The maximum absolute atomic E-state index is 9.62. The van der Waals surface area contributed by atoms with Crippen molar-refractivity contribution >= 4 is 23.4 Å². The van der Waals surface area contributed by atoms with Gasteiger partial charge in [0.25, 0.3) is 0 Å². The number of aliphatic hydroxyl groups excluding tert-OH is 1. The van der Waals surface area contributed by atoms with Gasteiger partial charge < -0.3 is 10.4 Å². The van der Waals surface area contributed by atoms with Crippen LogP contribution in [0.5, 0.6) is 0 Å². The van der Waals surface area contributed by atoms with Gasteiger partial charge in [-0.25, -0.2) is 0 Å². The Kier molecular flexibility index (Phi) is 4.92. The monoisotopic (exact) mass is 311 g/mol. The van der Waals surface area contributed by atoms with E-state index < -0.39 is 0 Å². The van der Waals surface area contributed by atoms with Crippen molar-refractivity contribution in [3.8, 4) is 0 Å². The van der Waals surface area contributed by atoms with E-state index in [0.717, 1.165) is 30.7 Å². The van der Waals surface area contributed by atoms with Gasteiger partial charge >= 0.3 is 0 Å². The van der Waals surface area contributed by atoms with Gasteiger partial charge in [-0.15, -0.1) is 11.8 Å². The van der Waals surface area contributed by atoms with Gasteiger partial charge in [0, 0.05) is 22.0 Å². The van der Waals surface area contributed by atoms with Gasteiger partial charge in [-0.2, -0.15) is 0 Å². The Hall–Kier alpha value is -0.220. The first-order chi connectivity index (χ1) is 9.72. The lowest BCUT2D eigenvalue weighted by atomic mass is 9.91. The Morgan fingerprint density at radius 2 is 1.95 bits per heavy atom. The zero-order valence-corrected chi connectivity index (χ0v) is 13.2. The minimum Gasteiger partial charge on any atom is -0.393 e. The van der Waals surface area contributed by atoms with Crippen LogP contribution < -0.4 is 5.32 Å². The molecule has 0 aromatic heterocycles. The van der Waals surface area contributed by atoms with Crippen LogP contribution in [0.3, 0.4) is 0 Å². The summed E-state index contributed by atoms with van der Waals surface area (Å²) >= 11 is 8.13. The number of nitrogens with one attached hydrogen (secondary N) is 1. The Morgan fingerprint density at radius 1 is 1.15 bits per heavy atom. The van der Waals surface area contributed by atoms with E-state index in [9.17, 15) is 5.11 Å². The smallest absolute Gasteiger partial charge is 0.0541 e. The fraction of sp³-hybridized carbons (Fsp3) is 0.625. The molecule has 2 N–H and O–H groups in total. The summed E-state index contributed by atoms with van der Waals surface area (Å²) in [6, 6.07) is 7.24. The van der Waals surface area contributed by atoms with E-state index in [1.54, 1.807) is 0 Å². The molecular weight excluding hydrogens is 290 g/mol. The third-order valence-corrected chi connectivity index (χ3v) is 5.79. The summed E-state index contributed by atoms with van der Waals surface area (Å²) in [6.07, 6.45) is 6.37. The van der Waals surface area contributed by atoms with Crippen molar-refractivity contribution in [1.29, 1.82) is 0 Å². The Balaban J connectivity index is 1.74. The predicted molar refractivity (Wildman–Crippen MR) is 85.5 cm³/mol. The highest BCUT2D eigenvalue weighted by Crippen LogP contribution is 2.37. The van der Waals surface area contributed by atoms with Crippen LogP contribution in [0.1, 0.15) is 50.1 Å². The average Bonchev–Trinajstić information content (AvgIpc) is 2.64. The quantitative estimate of drug-likeness (QED) is 0.860. The van der Waals surface area contributed by atoms with Crippen LogP contribution >= 0.6 is 23.4 Å². The fourth-order valence-corrected chi connectivity index (χ4v) is 4.49. The van der Waals surface area contributed by atoms with Gasteiger partial charge in [0.1, 0.15) is 0 Å². The molecule has 1 aromatic carbocycles. The van der Waals surface area contributed by atoms with E-state index in [-0.39, 0.29) is 6.10 Å². The average molecular weight is 312 g/mol. The molecule has 0 radical (unpaired) electrons. The third-order valence-electron chi connectivity index (χ3n) is 4.38. The molecule has 3 rings (SSSR count). The zero-order chi connectivity index (χ0) is 13.9. The van der Waals surface area contributed by atoms with Gasteiger partial charge in [0.2, 0.25) is 0 Å². The first kappa shape index (κ1) is 14.7. The number of hydrogen-bond acceptors (Lipinski definition) is 3. The molecule has 1 aliphatic heterocycles. The first-order valence-corrected chi connectivity index (χ1v) is 8.95. The first-order valence-electron chi connectivity index (χ1n) is 7.59. The Bertz CT molecular complexity index is 460. The second-order valence-electron chi connectivity index (χ2n) is 5.90. The van der Waals surface area contributed by atoms with Crippen molar-refractivity contribution in [2.45, 2.75) is 61.6 Å². The van der Waals surface area contributed by atoms with Crippen molar-refractivity contribution in [1.82, 2.24) is 5.32 Å². The van der Waals surface area contributed by atoms with Gasteiger partial charge in [0.15, 0.2) is 0 Å². The molecule has 1 saturated carbocycles. The SMILES string of the molecule is OC1CCC(N[C@H]2CCCSc3ccc(Cl)cc32)CC1. The van der Waals surface area contributed by atoms with Crippen LogP contribution in [0.15, 0.2) is 23.1 Å². The van der Waals surface area contributed by atoms with Gasteiger partial charge in [-0.3, -0.25) is 0 Å². The lowest BCUT2D eigenvalue weighted by molar-refractivity contribution is 0.113. The van der Waals surface area contributed by atoms with Crippen LogP contribution in [-0.2, 0) is 0 Å². The van der Waals surface area contributed by atoms with Gasteiger partial charge in [-0.1, -0.05) is 11.6 Å². The van der Waals surface area contributed by atoms with Crippen LogP contribution in [0.4, 0.5) is 0 Å². The molecule has 1 atom stereocenters. The number of rotatable bonds is 2. The molecule has 110 valence electrons. The van der Waals surface area contributed by atoms with Crippen molar-refractivity contribution in [3.63, 3.8) is 0 Å². The zero-order valence-electron chi connectivity index (χ0n) is 11.6. The highest BCUT2D eigenvalue weighted by Gasteiger charge is 2.25. The topological polar surface area (TPSA) is 32.3 Å². The molecule has 1 heterocycles. The van der Waals surface area contributed by atoms with Crippen molar-refractivity contribution < 1.29 is 5.11 Å². The lowest BCUT2D eigenvalue weighted by Crippen LogP contribution is -2.37. The molecule has 2 nitrogen and oxygen atoms in total. The highest BCUT2D eigenvalue weighted by atomic mass is 35.5. The second-order valence-corrected chi connectivity index (χ2v) is 7.47. The summed E-state index contributed by atoms with van der Waals surface area (Å²) in [5, 5.41) is 14.3. The van der Waals surface area contributed by atoms with Crippen LogP contribution in [0, 0.1) is 0 Å². The van der Waals surface area contributed by atoms with Crippen LogP contribution in [0.2, 0.25) is 5.02 Å². The minimum absolute atomic E-state index is 0.0838. The highest BCUT2D eigenvalue weighted by molar-refractivity contribution is 7.99. The molecule has 0 spiro atoms. The molecule has 0 saturated heterocycles. The molecule has 1 aromatic rings. The van der Waals surface area contributed by atoms with E-state index in [2.05, 4.69) is 17.4 Å². The minimum atomic E-state index is -0.0838. The van der Waals surface area contributed by atoms with E-state index in [1.807, 2.05) is 17.8 Å². The molecule has 0 amide bonds. The van der Waals surface area contributed by atoms with Crippen LogP contribution in [-0.4, -0.2) is 23.0 Å². The van der Waals surface area contributed by atoms with Crippen molar-refractivity contribution in [3.05, 3.63) is 28.8 Å². The summed E-state index contributed by atoms with van der Waals surface area (Å²) in [4.78, 5) is 1.38. The van der Waals surface area contributed by atoms with E-state index in [4.69, 9.17) is 11.6 Å². The standard InChI is InChI=1S/C16H22ClNOS/c17-11-3-8-16-14(10-11)15(2-1-9-20-16)18-12-4-6-13(19)7-5-12/h3,8,10,12-13,15,18-19H,1-2,4-7,9H2/t12?,13?,15-/m0/s1. The summed E-state index contributed by atoms with van der Waals surface area (Å²) in [5.41, 5.74) is 1.37. The molecule has 0 unspecified atom stereocenters. The summed E-state index contributed by atoms with van der Waals surface area (Å²) in [7, 11) is 0. The number of halogens is 1. The summed E-state index contributed by atoms with van der Waals surface area (Å²) in [6.45, 7) is 0. The maximum atomic E-state index is 9.62. The summed E-state index contributed by atoms with van der Waals surface area (Å²) < 4.78 is 0. The van der Waals surface area contributed by atoms with Crippen molar-refractivity contribution in [2.75, 3.05) is 5.75 Å². The largest absolute Gasteiger partial charge is 0.393 e. The number of aliphatic hydroxyl groups is 1. The number of thioether (sulfide) groups is 1. The van der Waals surface area contributed by atoms with Gasteiger partial charge in [0.05, 0.1) is 6.10 Å². The molecule has 1 fully saturated rings. The number of hydrogen-bond donors (Lipinski definition) is 2. The number of benzene rings is 1. The van der Waals surface area contributed by atoms with Gasteiger partial charge in [-0.05, 0) is 68.0 Å². The molecule has 4 heteroatoms. The normalized spacial score (nSPS) is 30.6. The molecule has 2 aliphatic rings. The Labute approximate surface area is 130 Å². The third kappa shape index (κ3) is 3.51. The molecular formula is C16H22ClNOS. The maximum Gasteiger partial charge on any atom is 0.0541 e. The fourth-order valence-electron chi connectivity index (χ4n) is 3.25. The molecule has 0 bridgehead atoms. The second kappa shape index (κ2) is 6.69. The van der Waals surface area contributed by atoms with Crippen molar-refractivity contribution in [2.24, 2.45) is 0 Å². The van der Waals surface area contributed by atoms with E-state index in [0.29, 0.717) is 12.1 Å².